The van der Waals surface area contributed by atoms with Crippen LogP contribution in [-0.4, -0.2) is 23.3 Å². The molecule has 19 heavy (non-hydrogen) atoms. The summed E-state index contributed by atoms with van der Waals surface area (Å²) in [5.74, 6) is 6.66. The number of nitrogens with one attached hydrogen (secondary N) is 1. The first kappa shape index (κ1) is 12.7. The van der Waals surface area contributed by atoms with Gasteiger partial charge in [0.2, 0.25) is 0 Å². The molecule has 0 radical (unpaired) electrons. The van der Waals surface area contributed by atoms with Crippen molar-refractivity contribution in [3.05, 3.63) is 35.4 Å². The molecule has 3 unspecified atom stereocenters. The molecule has 1 aliphatic heterocycles. The third-order valence-corrected chi connectivity index (χ3v) is 4.48. The van der Waals surface area contributed by atoms with Crippen molar-refractivity contribution in [3.8, 4) is 11.8 Å². The Hall–Kier alpha value is -1.30. The summed E-state index contributed by atoms with van der Waals surface area (Å²) in [5.41, 5.74) is 1.42. The van der Waals surface area contributed by atoms with Gasteiger partial charge in [0.15, 0.2) is 0 Å². The summed E-state index contributed by atoms with van der Waals surface area (Å²) in [5, 5.41) is 14.4. The van der Waals surface area contributed by atoms with Gasteiger partial charge in [0.05, 0.1) is 0 Å². The van der Waals surface area contributed by atoms with Crippen molar-refractivity contribution in [3.63, 3.8) is 0 Å². The fraction of sp³-hybridized carbons (Fsp3) is 0.529. The fourth-order valence-electron chi connectivity index (χ4n) is 3.48. The Kier molecular flexibility index (Phi) is 3.35. The molecule has 2 heteroatoms. The van der Waals surface area contributed by atoms with Gasteiger partial charge >= 0.3 is 0 Å². The first-order valence-corrected chi connectivity index (χ1v) is 7.23. The van der Waals surface area contributed by atoms with E-state index in [9.17, 15) is 5.11 Å². The third kappa shape index (κ3) is 2.54. The molecule has 2 nitrogen and oxygen atoms in total. The van der Waals surface area contributed by atoms with Gasteiger partial charge in [-0.1, -0.05) is 24.0 Å². The fourth-order valence-corrected chi connectivity index (χ4v) is 3.48. The van der Waals surface area contributed by atoms with Crippen LogP contribution in [0.3, 0.4) is 0 Å². The normalized spacial score (nSPS) is 33.4. The van der Waals surface area contributed by atoms with Crippen LogP contribution in [0.25, 0.3) is 0 Å². The van der Waals surface area contributed by atoms with Crippen LogP contribution < -0.4 is 5.32 Å². The maximum absolute atomic E-state index is 10.9. The summed E-state index contributed by atoms with van der Waals surface area (Å²) in [4.78, 5) is 0. The number of benzene rings is 1. The lowest BCUT2D eigenvalue weighted by Crippen LogP contribution is -2.47. The Balaban J connectivity index is 1.85. The largest absolute Gasteiger partial charge is 0.377 e. The Labute approximate surface area is 115 Å². The van der Waals surface area contributed by atoms with Crippen LogP contribution in [0.2, 0.25) is 0 Å². The molecule has 100 valence electrons. The standard InChI is InChI=1S/C17H21NO/c1-13-4-2-5-14(12-13)7-10-17(19)9-3-6-16-15(17)8-11-18-16/h2,4-5,12,15-16,18-19H,3,6,8-9,11H2,1H3. The summed E-state index contributed by atoms with van der Waals surface area (Å²) < 4.78 is 0. The van der Waals surface area contributed by atoms with Gasteiger partial charge in [-0.3, -0.25) is 0 Å². The van der Waals surface area contributed by atoms with Crippen molar-refractivity contribution < 1.29 is 5.11 Å². The highest BCUT2D eigenvalue weighted by Gasteiger charge is 2.45. The van der Waals surface area contributed by atoms with E-state index >= 15 is 0 Å². The molecule has 3 atom stereocenters. The molecule has 1 aromatic rings. The number of fused-ring (bicyclic) bond motifs is 1. The highest BCUT2D eigenvalue weighted by Crippen LogP contribution is 2.38. The maximum Gasteiger partial charge on any atom is 0.130 e. The molecule has 2 aliphatic rings. The van der Waals surface area contributed by atoms with Crippen LogP contribution >= 0.6 is 0 Å². The predicted molar refractivity (Wildman–Crippen MR) is 76.8 cm³/mol. The highest BCUT2D eigenvalue weighted by atomic mass is 16.3. The van der Waals surface area contributed by atoms with E-state index in [0.717, 1.165) is 31.4 Å². The van der Waals surface area contributed by atoms with Crippen LogP contribution in [0.5, 0.6) is 0 Å². The second kappa shape index (κ2) is 5.00. The molecule has 2 fully saturated rings. The zero-order valence-electron chi connectivity index (χ0n) is 11.4. The van der Waals surface area contributed by atoms with Gasteiger partial charge in [0.25, 0.3) is 0 Å². The molecule has 2 N–H and O–H groups in total. The summed E-state index contributed by atoms with van der Waals surface area (Å²) in [6.07, 6.45) is 4.10. The molecule has 1 aliphatic carbocycles. The van der Waals surface area contributed by atoms with Crippen molar-refractivity contribution in [2.24, 2.45) is 5.92 Å². The lowest BCUT2D eigenvalue weighted by Gasteiger charge is -2.37. The van der Waals surface area contributed by atoms with E-state index in [-0.39, 0.29) is 0 Å². The van der Waals surface area contributed by atoms with E-state index in [1.54, 1.807) is 0 Å². The average Bonchev–Trinajstić information content (AvgIpc) is 2.87. The van der Waals surface area contributed by atoms with Gasteiger partial charge in [-0.15, -0.1) is 0 Å². The molecular weight excluding hydrogens is 234 g/mol. The lowest BCUT2D eigenvalue weighted by atomic mass is 9.73. The predicted octanol–water partition coefficient (Wildman–Crippen LogP) is 2.24. The zero-order valence-corrected chi connectivity index (χ0v) is 11.4. The number of hydrogen-bond acceptors (Lipinski definition) is 2. The Morgan fingerprint density at radius 3 is 3.11 bits per heavy atom. The number of aryl methyl sites for hydroxylation is 1. The number of aliphatic hydroxyl groups is 1. The molecule has 1 heterocycles. The van der Waals surface area contributed by atoms with Crippen LogP contribution in [0.4, 0.5) is 0 Å². The van der Waals surface area contributed by atoms with Crippen LogP contribution in [0.1, 0.15) is 36.8 Å². The average molecular weight is 255 g/mol. The lowest BCUT2D eigenvalue weighted by molar-refractivity contribution is 0.000968. The first-order chi connectivity index (χ1) is 9.17. The van der Waals surface area contributed by atoms with E-state index < -0.39 is 5.60 Å². The van der Waals surface area contributed by atoms with Gasteiger partial charge in [0, 0.05) is 17.5 Å². The summed E-state index contributed by atoms with van der Waals surface area (Å²) in [7, 11) is 0. The highest BCUT2D eigenvalue weighted by molar-refractivity contribution is 5.39. The van der Waals surface area contributed by atoms with Crippen molar-refractivity contribution in [2.45, 2.75) is 44.2 Å². The minimum atomic E-state index is -0.795. The summed E-state index contributed by atoms with van der Waals surface area (Å²) >= 11 is 0. The molecule has 1 saturated heterocycles. The maximum atomic E-state index is 10.9. The Bertz CT molecular complexity index is 528. The molecule has 0 aromatic heterocycles. The van der Waals surface area contributed by atoms with Crippen molar-refractivity contribution in [1.82, 2.24) is 5.32 Å². The molecule has 0 spiro atoms. The van der Waals surface area contributed by atoms with Crippen molar-refractivity contribution in [1.29, 1.82) is 0 Å². The van der Waals surface area contributed by atoms with Crippen LogP contribution in [-0.2, 0) is 0 Å². The second-order valence-electron chi connectivity index (χ2n) is 5.89. The van der Waals surface area contributed by atoms with Crippen molar-refractivity contribution in [2.75, 3.05) is 6.54 Å². The van der Waals surface area contributed by atoms with Crippen molar-refractivity contribution >= 4 is 0 Å². The van der Waals surface area contributed by atoms with Crippen LogP contribution in [0, 0.1) is 24.7 Å². The molecule has 0 amide bonds. The molecule has 1 aromatic carbocycles. The summed E-state index contributed by atoms with van der Waals surface area (Å²) in [6, 6.07) is 8.63. The minimum Gasteiger partial charge on any atom is -0.377 e. The van der Waals surface area contributed by atoms with E-state index in [1.165, 1.54) is 12.0 Å². The van der Waals surface area contributed by atoms with E-state index in [4.69, 9.17) is 0 Å². The van der Waals surface area contributed by atoms with Gasteiger partial charge in [-0.05, 0) is 56.8 Å². The van der Waals surface area contributed by atoms with Gasteiger partial charge in [0.1, 0.15) is 5.60 Å². The molecule has 0 bridgehead atoms. The zero-order chi connectivity index (χ0) is 13.3. The van der Waals surface area contributed by atoms with E-state index in [0.29, 0.717) is 12.0 Å². The summed E-state index contributed by atoms with van der Waals surface area (Å²) in [6.45, 7) is 3.08. The Morgan fingerprint density at radius 1 is 1.37 bits per heavy atom. The number of rotatable bonds is 0. The van der Waals surface area contributed by atoms with E-state index in [1.807, 2.05) is 12.1 Å². The smallest absolute Gasteiger partial charge is 0.130 e. The van der Waals surface area contributed by atoms with Gasteiger partial charge in [-0.25, -0.2) is 0 Å². The SMILES string of the molecule is Cc1cccc(C#CC2(O)CCCC3NCCC32)c1. The molecular formula is C17H21NO. The molecule has 3 rings (SSSR count). The molecule has 1 saturated carbocycles. The van der Waals surface area contributed by atoms with Crippen LogP contribution in [0.15, 0.2) is 24.3 Å². The first-order valence-electron chi connectivity index (χ1n) is 7.23. The quantitative estimate of drug-likeness (QED) is 0.697. The second-order valence-corrected chi connectivity index (χ2v) is 5.89. The number of hydrogen-bond donors (Lipinski definition) is 2. The van der Waals surface area contributed by atoms with Gasteiger partial charge in [-0.2, -0.15) is 0 Å². The topological polar surface area (TPSA) is 32.3 Å². The van der Waals surface area contributed by atoms with Gasteiger partial charge < -0.3 is 10.4 Å². The Morgan fingerprint density at radius 2 is 2.26 bits per heavy atom. The van der Waals surface area contributed by atoms with E-state index in [2.05, 4.69) is 36.2 Å². The monoisotopic (exact) mass is 255 g/mol. The minimum absolute atomic E-state index is 0.304. The third-order valence-electron chi connectivity index (χ3n) is 4.48.